The molecule has 162 valence electrons. The van der Waals surface area contributed by atoms with Crippen LogP contribution in [0.2, 0.25) is 0 Å². The fourth-order valence-electron chi connectivity index (χ4n) is 4.76. The summed E-state index contributed by atoms with van der Waals surface area (Å²) in [5.74, 6) is 0. The molecule has 3 aromatic carbocycles. The van der Waals surface area contributed by atoms with Crippen molar-refractivity contribution in [2.24, 2.45) is 5.41 Å². The number of hydrogen-bond donors (Lipinski definition) is 0. The molecule has 0 N–H and O–H groups in total. The Morgan fingerprint density at radius 3 is 1.41 bits per heavy atom. The summed E-state index contributed by atoms with van der Waals surface area (Å²) in [7, 11) is -4.57. The molecule has 0 aromatic heterocycles. The van der Waals surface area contributed by atoms with E-state index >= 15 is 0 Å². The Bertz CT molecular complexity index is 992. The second-order valence-corrected chi connectivity index (χ2v) is 9.90. The lowest BCUT2D eigenvalue weighted by Crippen LogP contribution is -2.60. The van der Waals surface area contributed by atoms with Crippen molar-refractivity contribution >= 4 is 16.5 Å². The highest BCUT2D eigenvalue weighted by Gasteiger charge is 2.65. The van der Waals surface area contributed by atoms with E-state index in [2.05, 4.69) is 0 Å². The van der Waals surface area contributed by atoms with Crippen LogP contribution in [0.5, 0.6) is 0 Å². The van der Waals surface area contributed by atoms with Gasteiger partial charge in [0, 0.05) is 9.13 Å². The average Bonchev–Trinajstić information content (AvgIpc) is 2.86. The Morgan fingerprint density at radius 2 is 1.00 bits per heavy atom. The molecule has 1 spiro atoms. The molecule has 2 atom stereocenters. The first-order valence-corrected chi connectivity index (χ1v) is 12.5. The zero-order valence-corrected chi connectivity index (χ0v) is 19.0. The van der Waals surface area contributed by atoms with Gasteiger partial charge in [-0.25, -0.2) is 0 Å². The summed E-state index contributed by atoms with van der Waals surface area (Å²) in [6.07, 6.45) is -0.678. The highest BCUT2D eigenvalue weighted by atomic mass is 31.1. The quantitative estimate of drug-likeness (QED) is 0.357. The van der Waals surface area contributed by atoms with Crippen molar-refractivity contribution in [1.82, 2.24) is 0 Å². The summed E-state index contributed by atoms with van der Waals surface area (Å²) in [4.78, 5) is 0. The number of hydrogen-bond acceptors (Lipinski definition) is 6. The van der Waals surface area contributed by atoms with Gasteiger partial charge in [0.1, 0.15) is 25.9 Å². The summed E-state index contributed by atoms with van der Waals surface area (Å²) < 4.78 is 47.1. The molecule has 0 amide bonds. The fraction of sp³-hybridized carbons (Fsp3) is 0.250. The second-order valence-electron chi connectivity index (χ2n) is 8.02. The average molecular weight is 468 g/mol. The third-order valence-electron chi connectivity index (χ3n) is 6.20. The van der Waals surface area contributed by atoms with Crippen LogP contribution in [0.3, 0.4) is 0 Å². The van der Waals surface area contributed by atoms with Crippen LogP contribution in [0.25, 0.3) is 0 Å². The Morgan fingerprint density at radius 1 is 0.625 bits per heavy atom. The van der Waals surface area contributed by atoms with Crippen LogP contribution >= 0.6 is 16.5 Å². The van der Waals surface area contributed by atoms with Crippen molar-refractivity contribution in [3.05, 3.63) is 108 Å². The van der Waals surface area contributed by atoms with Crippen molar-refractivity contribution in [3.63, 3.8) is 0 Å². The van der Waals surface area contributed by atoms with E-state index < -0.39 is 33.4 Å². The maximum absolute atomic E-state index is 12.7. The molecule has 0 aliphatic carbocycles. The van der Waals surface area contributed by atoms with Gasteiger partial charge < -0.3 is 0 Å². The van der Waals surface area contributed by atoms with Crippen molar-refractivity contribution in [3.8, 4) is 0 Å². The number of rotatable bonds is 4. The van der Waals surface area contributed by atoms with Gasteiger partial charge in [-0.2, -0.15) is 0 Å². The Hall–Kier alpha value is -2.30. The first-order valence-electron chi connectivity index (χ1n) is 10.3. The van der Waals surface area contributed by atoms with Gasteiger partial charge in [0.15, 0.2) is 0 Å². The summed E-state index contributed by atoms with van der Waals surface area (Å²) in [6.45, 7) is 0.304. The predicted octanol–water partition coefficient (Wildman–Crippen LogP) is 5.78. The lowest BCUT2D eigenvalue weighted by molar-refractivity contribution is -0.120. The first-order chi connectivity index (χ1) is 15.6. The zero-order chi connectivity index (χ0) is 22.0. The normalized spacial score (nSPS) is 26.2. The first kappa shape index (κ1) is 21.5. The molecule has 8 heteroatoms. The van der Waals surface area contributed by atoms with Crippen LogP contribution in [-0.4, -0.2) is 25.9 Å². The Labute approximate surface area is 188 Å². The van der Waals surface area contributed by atoms with Gasteiger partial charge in [-0.05, 0) is 16.7 Å². The van der Waals surface area contributed by atoms with Crippen molar-refractivity contribution in [1.29, 1.82) is 0 Å². The minimum atomic E-state index is -2.36. The summed E-state index contributed by atoms with van der Waals surface area (Å²) in [5.41, 5.74) is 1.24. The van der Waals surface area contributed by atoms with Gasteiger partial charge in [-0.3, -0.25) is 0 Å². The second kappa shape index (κ2) is 8.92. The molecule has 2 heterocycles. The lowest BCUT2D eigenvalue weighted by atomic mass is 9.59. The third-order valence-corrected chi connectivity index (χ3v) is 7.60. The molecule has 2 unspecified atom stereocenters. The summed E-state index contributed by atoms with van der Waals surface area (Å²) in [5, 5.41) is 0. The van der Waals surface area contributed by atoms with Gasteiger partial charge in [-0.1, -0.05) is 91.0 Å². The van der Waals surface area contributed by atoms with Gasteiger partial charge in [0.2, 0.25) is 0 Å². The third kappa shape index (κ3) is 3.64. The molecule has 0 bridgehead atoms. The minimum Gasteiger partial charge on any atom is -0.118 e. The smallest absolute Gasteiger partial charge is 0.118 e. The van der Waals surface area contributed by atoms with Crippen molar-refractivity contribution < 1.29 is 27.2 Å². The minimum absolute atomic E-state index is 0.101. The zero-order valence-electron chi connectivity index (χ0n) is 17.2. The van der Waals surface area contributed by atoms with Gasteiger partial charge in [-0.15, -0.1) is 18.1 Å². The van der Waals surface area contributed by atoms with E-state index in [9.17, 15) is 9.13 Å². The molecular weight excluding hydrogens is 446 g/mol. The molecule has 6 nitrogen and oxygen atoms in total. The summed E-state index contributed by atoms with van der Waals surface area (Å²) >= 11 is 0. The largest absolute Gasteiger partial charge is 0.697 e. The van der Waals surface area contributed by atoms with E-state index in [4.69, 9.17) is 18.1 Å². The Kier molecular flexibility index (Phi) is 6.00. The van der Waals surface area contributed by atoms with Gasteiger partial charge >= 0.3 is 16.5 Å². The number of benzene rings is 3. The van der Waals surface area contributed by atoms with E-state index in [1.165, 1.54) is 0 Å². The molecule has 2 aliphatic heterocycles. The predicted molar refractivity (Wildman–Crippen MR) is 120 cm³/mol. The van der Waals surface area contributed by atoms with Crippen LogP contribution in [0.4, 0.5) is 0 Å². The molecule has 2 fully saturated rings. The Balaban J connectivity index is 1.82. The fourth-order valence-corrected chi connectivity index (χ4v) is 6.53. The molecule has 32 heavy (non-hydrogen) atoms. The SMILES string of the molecule is O=[P+]1OCC2(CO1)CO[P+](=O)OC2C(c1ccccc1)(c1ccccc1)c1ccccc1. The molecule has 2 aliphatic rings. The van der Waals surface area contributed by atoms with Crippen LogP contribution in [0.15, 0.2) is 91.0 Å². The molecule has 0 radical (unpaired) electrons. The van der Waals surface area contributed by atoms with Crippen molar-refractivity contribution in [2.75, 3.05) is 19.8 Å². The van der Waals surface area contributed by atoms with Crippen LogP contribution < -0.4 is 0 Å². The molecule has 3 aromatic rings. The molecule has 0 saturated carbocycles. The van der Waals surface area contributed by atoms with Crippen LogP contribution in [0, 0.1) is 5.41 Å². The molecule has 5 rings (SSSR count). The summed E-state index contributed by atoms with van der Waals surface area (Å²) in [6, 6.07) is 30.0. The molecular formula is C24H22O6P2+2. The topological polar surface area (TPSA) is 71.1 Å². The van der Waals surface area contributed by atoms with E-state index in [0.717, 1.165) is 16.7 Å². The van der Waals surface area contributed by atoms with E-state index in [1.54, 1.807) is 0 Å². The standard InChI is InChI=1S/C24H22O6P2/c25-31-27-16-23(17-28-31)18-29-32(26)30-22(23)24(19-10-4-1-5-11-19,20-12-6-2-7-13-20)21-14-8-3-9-15-21/h1-15,22H,16-18H2/q+2. The highest BCUT2D eigenvalue weighted by molar-refractivity contribution is 7.33. The van der Waals surface area contributed by atoms with Gasteiger partial charge in [0.05, 0.1) is 10.8 Å². The maximum atomic E-state index is 12.7. The van der Waals surface area contributed by atoms with Crippen LogP contribution in [-0.2, 0) is 32.6 Å². The monoisotopic (exact) mass is 468 g/mol. The van der Waals surface area contributed by atoms with Gasteiger partial charge in [0.25, 0.3) is 0 Å². The highest BCUT2D eigenvalue weighted by Crippen LogP contribution is 2.57. The van der Waals surface area contributed by atoms with Crippen LogP contribution in [0.1, 0.15) is 16.7 Å². The van der Waals surface area contributed by atoms with E-state index in [0.29, 0.717) is 0 Å². The lowest BCUT2D eigenvalue weighted by Gasteiger charge is -2.48. The van der Waals surface area contributed by atoms with E-state index in [1.807, 2.05) is 91.0 Å². The van der Waals surface area contributed by atoms with E-state index in [-0.39, 0.29) is 19.8 Å². The van der Waals surface area contributed by atoms with Crippen molar-refractivity contribution in [2.45, 2.75) is 11.5 Å². The maximum Gasteiger partial charge on any atom is 0.697 e. The molecule has 2 saturated heterocycles.